The second-order valence-electron chi connectivity index (χ2n) is 4.86. The molecule has 2 aromatic rings. The fourth-order valence-electron chi connectivity index (χ4n) is 2.31. The molecule has 1 heterocycles. The predicted octanol–water partition coefficient (Wildman–Crippen LogP) is 2.65. The summed E-state index contributed by atoms with van der Waals surface area (Å²) >= 11 is 0. The molecule has 1 aliphatic carbocycles. The van der Waals surface area contributed by atoms with E-state index in [0.717, 1.165) is 12.0 Å². The number of methoxy groups -OCH3 is 2. The smallest absolute Gasteiger partial charge is 0.232 e. The van der Waals surface area contributed by atoms with E-state index >= 15 is 0 Å². The Labute approximate surface area is 123 Å². The fraction of sp³-hybridized carbons (Fsp3) is 0.467. The molecule has 0 aliphatic heterocycles. The van der Waals surface area contributed by atoms with E-state index in [1.807, 2.05) is 25.1 Å². The Morgan fingerprint density at radius 3 is 2.76 bits per heavy atom. The van der Waals surface area contributed by atoms with Gasteiger partial charge in [0.25, 0.3) is 0 Å². The Hall–Kier alpha value is -2.08. The molecule has 1 aliphatic rings. The second kappa shape index (κ2) is 5.73. The van der Waals surface area contributed by atoms with E-state index in [9.17, 15) is 0 Å². The van der Waals surface area contributed by atoms with Crippen LogP contribution in [-0.2, 0) is 4.74 Å². The minimum atomic E-state index is 0.216. The zero-order valence-electron chi connectivity index (χ0n) is 12.3. The van der Waals surface area contributed by atoms with E-state index in [0.29, 0.717) is 29.8 Å². The molecule has 1 fully saturated rings. The van der Waals surface area contributed by atoms with Gasteiger partial charge in [-0.05, 0) is 31.5 Å². The second-order valence-corrected chi connectivity index (χ2v) is 4.86. The highest BCUT2D eigenvalue weighted by Crippen LogP contribution is 2.43. The standard InChI is InChI=1S/C15H18N2O4/c1-4-20-12-8-10(12)15-16-14(17-21-15)9-5-6-11(18-2)13(7-9)19-3/h5-7,10,12H,4,8H2,1-3H3/t10-,12-/m0/s1. The van der Waals surface area contributed by atoms with Crippen LogP contribution >= 0.6 is 0 Å². The third kappa shape index (κ3) is 2.71. The molecule has 1 aromatic carbocycles. The topological polar surface area (TPSA) is 66.6 Å². The first kappa shape index (κ1) is 13.9. The van der Waals surface area contributed by atoms with Crippen molar-refractivity contribution in [1.82, 2.24) is 10.1 Å². The van der Waals surface area contributed by atoms with Crippen molar-refractivity contribution in [2.24, 2.45) is 0 Å². The van der Waals surface area contributed by atoms with Crippen LogP contribution in [0.3, 0.4) is 0 Å². The largest absolute Gasteiger partial charge is 0.493 e. The molecule has 0 radical (unpaired) electrons. The summed E-state index contributed by atoms with van der Waals surface area (Å²) in [4.78, 5) is 4.45. The van der Waals surface area contributed by atoms with Crippen LogP contribution in [0.1, 0.15) is 25.2 Å². The highest BCUT2D eigenvalue weighted by Gasteiger charge is 2.43. The average molecular weight is 290 g/mol. The summed E-state index contributed by atoms with van der Waals surface area (Å²) in [7, 11) is 3.20. The predicted molar refractivity (Wildman–Crippen MR) is 75.6 cm³/mol. The van der Waals surface area contributed by atoms with Crippen LogP contribution in [0.25, 0.3) is 11.4 Å². The van der Waals surface area contributed by atoms with Crippen LogP contribution in [0.4, 0.5) is 0 Å². The van der Waals surface area contributed by atoms with Gasteiger partial charge in [-0.15, -0.1) is 0 Å². The van der Waals surface area contributed by atoms with Crippen molar-refractivity contribution in [2.45, 2.75) is 25.4 Å². The molecular weight excluding hydrogens is 272 g/mol. The third-order valence-corrected chi connectivity index (χ3v) is 3.51. The molecule has 6 nitrogen and oxygen atoms in total. The molecule has 1 saturated carbocycles. The summed E-state index contributed by atoms with van der Waals surface area (Å²) in [6.07, 6.45) is 1.16. The van der Waals surface area contributed by atoms with Gasteiger partial charge in [0.1, 0.15) is 0 Å². The minimum absolute atomic E-state index is 0.216. The highest BCUT2D eigenvalue weighted by molar-refractivity contribution is 5.60. The van der Waals surface area contributed by atoms with Crippen molar-refractivity contribution < 1.29 is 18.7 Å². The summed E-state index contributed by atoms with van der Waals surface area (Å²) in [5.41, 5.74) is 0.830. The normalized spacial score (nSPS) is 20.3. The fourth-order valence-corrected chi connectivity index (χ4v) is 2.31. The van der Waals surface area contributed by atoms with Crippen LogP contribution in [0.2, 0.25) is 0 Å². The molecule has 3 rings (SSSR count). The Bertz CT molecular complexity index is 626. The van der Waals surface area contributed by atoms with Crippen LogP contribution < -0.4 is 9.47 Å². The SMILES string of the molecule is CCO[C@H]1C[C@@H]1c1nc(-c2ccc(OC)c(OC)c2)no1. The van der Waals surface area contributed by atoms with Gasteiger partial charge in [0.15, 0.2) is 11.5 Å². The Morgan fingerprint density at radius 1 is 1.24 bits per heavy atom. The van der Waals surface area contributed by atoms with Crippen LogP contribution in [0.15, 0.2) is 22.7 Å². The van der Waals surface area contributed by atoms with Gasteiger partial charge in [-0.25, -0.2) is 0 Å². The molecule has 1 aromatic heterocycles. The quantitative estimate of drug-likeness (QED) is 0.814. The van der Waals surface area contributed by atoms with Crippen LogP contribution in [0.5, 0.6) is 11.5 Å². The van der Waals surface area contributed by atoms with E-state index in [1.165, 1.54) is 0 Å². The number of nitrogens with zero attached hydrogens (tertiary/aromatic N) is 2. The number of benzene rings is 1. The van der Waals surface area contributed by atoms with Gasteiger partial charge in [0.05, 0.1) is 26.2 Å². The minimum Gasteiger partial charge on any atom is -0.493 e. The Morgan fingerprint density at radius 2 is 2.05 bits per heavy atom. The molecule has 0 saturated heterocycles. The van der Waals surface area contributed by atoms with E-state index in [2.05, 4.69) is 10.1 Å². The summed E-state index contributed by atoms with van der Waals surface area (Å²) in [5, 5.41) is 4.04. The summed E-state index contributed by atoms with van der Waals surface area (Å²) < 4.78 is 21.4. The highest BCUT2D eigenvalue weighted by atomic mass is 16.5. The van der Waals surface area contributed by atoms with E-state index in [1.54, 1.807) is 14.2 Å². The first-order valence-electron chi connectivity index (χ1n) is 6.94. The Kier molecular flexibility index (Phi) is 3.79. The summed E-state index contributed by atoms with van der Waals surface area (Å²) in [5.74, 6) is 2.72. The maximum absolute atomic E-state index is 5.54. The molecule has 6 heteroatoms. The monoisotopic (exact) mass is 290 g/mol. The lowest BCUT2D eigenvalue weighted by Gasteiger charge is -2.07. The number of rotatable bonds is 6. The molecular formula is C15H18N2O4. The van der Waals surface area contributed by atoms with Gasteiger partial charge in [-0.3, -0.25) is 0 Å². The molecule has 2 atom stereocenters. The first-order valence-corrected chi connectivity index (χ1v) is 6.94. The van der Waals surface area contributed by atoms with Gasteiger partial charge in [-0.2, -0.15) is 4.98 Å². The third-order valence-electron chi connectivity index (χ3n) is 3.51. The molecule has 0 N–H and O–H groups in total. The van der Waals surface area contributed by atoms with Crippen molar-refractivity contribution in [3.05, 3.63) is 24.1 Å². The number of hydrogen-bond donors (Lipinski definition) is 0. The molecule has 0 amide bonds. The van der Waals surface area contributed by atoms with Crippen molar-refractivity contribution in [1.29, 1.82) is 0 Å². The molecule has 21 heavy (non-hydrogen) atoms. The number of hydrogen-bond acceptors (Lipinski definition) is 6. The Balaban J connectivity index is 1.80. The maximum Gasteiger partial charge on any atom is 0.232 e. The number of aromatic nitrogens is 2. The molecule has 0 spiro atoms. The zero-order valence-corrected chi connectivity index (χ0v) is 12.3. The number of ether oxygens (including phenoxy) is 3. The van der Waals surface area contributed by atoms with Crippen LogP contribution in [0, 0.1) is 0 Å². The van der Waals surface area contributed by atoms with E-state index in [4.69, 9.17) is 18.7 Å². The summed E-state index contributed by atoms with van der Waals surface area (Å²) in [6, 6.07) is 5.54. The lowest BCUT2D eigenvalue weighted by atomic mass is 10.2. The van der Waals surface area contributed by atoms with Gasteiger partial charge in [0.2, 0.25) is 11.7 Å². The molecule has 112 valence electrons. The van der Waals surface area contributed by atoms with Crippen molar-refractivity contribution in [3.8, 4) is 22.9 Å². The van der Waals surface area contributed by atoms with Crippen molar-refractivity contribution >= 4 is 0 Å². The van der Waals surface area contributed by atoms with Crippen LogP contribution in [-0.4, -0.2) is 37.1 Å². The van der Waals surface area contributed by atoms with E-state index < -0.39 is 0 Å². The maximum atomic E-state index is 5.54. The molecule has 0 unspecified atom stereocenters. The van der Waals surface area contributed by atoms with E-state index in [-0.39, 0.29) is 12.0 Å². The van der Waals surface area contributed by atoms with Gasteiger partial charge < -0.3 is 18.7 Å². The van der Waals surface area contributed by atoms with Crippen molar-refractivity contribution in [2.75, 3.05) is 20.8 Å². The van der Waals surface area contributed by atoms with Gasteiger partial charge in [0, 0.05) is 12.2 Å². The molecule has 0 bridgehead atoms. The summed E-state index contributed by atoms with van der Waals surface area (Å²) in [6.45, 7) is 2.69. The van der Waals surface area contributed by atoms with Crippen molar-refractivity contribution in [3.63, 3.8) is 0 Å². The first-order chi connectivity index (χ1) is 10.3. The van der Waals surface area contributed by atoms with Gasteiger partial charge in [-0.1, -0.05) is 5.16 Å². The van der Waals surface area contributed by atoms with Gasteiger partial charge >= 0.3 is 0 Å². The lowest BCUT2D eigenvalue weighted by Crippen LogP contribution is -1.95. The average Bonchev–Trinajstić information content (AvgIpc) is 3.11. The lowest BCUT2D eigenvalue weighted by molar-refractivity contribution is 0.125. The zero-order chi connectivity index (χ0) is 14.8.